The van der Waals surface area contributed by atoms with Gasteiger partial charge < -0.3 is 20.3 Å². The molecule has 0 bridgehead atoms. The lowest BCUT2D eigenvalue weighted by Crippen LogP contribution is -2.45. The summed E-state index contributed by atoms with van der Waals surface area (Å²) >= 11 is 0. The summed E-state index contributed by atoms with van der Waals surface area (Å²) in [5, 5.41) is 23.2. The summed E-state index contributed by atoms with van der Waals surface area (Å²) in [6, 6.07) is -0.631. The van der Waals surface area contributed by atoms with Crippen molar-refractivity contribution < 1.29 is 24.5 Å². The van der Waals surface area contributed by atoms with Gasteiger partial charge in [0, 0.05) is 12.8 Å². The molecule has 0 heterocycles. The van der Waals surface area contributed by atoms with Crippen molar-refractivity contribution in [2.45, 2.75) is 392 Å². The molecular formula is C69H133NO5. The van der Waals surface area contributed by atoms with Gasteiger partial charge in [-0.1, -0.05) is 334 Å². The highest BCUT2D eigenvalue weighted by molar-refractivity contribution is 5.76. The lowest BCUT2D eigenvalue weighted by molar-refractivity contribution is -0.143. The van der Waals surface area contributed by atoms with Gasteiger partial charge in [-0.05, 0) is 57.8 Å². The van der Waals surface area contributed by atoms with Crippen LogP contribution in [-0.4, -0.2) is 47.4 Å². The molecule has 2 atom stereocenters. The van der Waals surface area contributed by atoms with E-state index in [0.29, 0.717) is 19.4 Å². The number of carbonyl (C=O) groups excluding carboxylic acids is 2. The number of allylic oxidation sites excluding steroid dienone is 3. The number of ether oxygens (including phenoxy) is 1. The normalized spacial score (nSPS) is 12.6. The number of hydrogen-bond donors (Lipinski definition) is 3. The zero-order chi connectivity index (χ0) is 54.3. The lowest BCUT2D eigenvalue weighted by atomic mass is 10.0. The van der Waals surface area contributed by atoms with Gasteiger partial charge in [0.25, 0.3) is 0 Å². The second-order valence-electron chi connectivity index (χ2n) is 23.5. The summed E-state index contributed by atoms with van der Waals surface area (Å²) in [5.41, 5.74) is 0. The summed E-state index contributed by atoms with van der Waals surface area (Å²) in [4.78, 5) is 24.6. The molecule has 0 fully saturated rings. The van der Waals surface area contributed by atoms with Crippen LogP contribution in [0, 0.1) is 0 Å². The van der Waals surface area contributed by atoms with Gasteiger partial charge in [-0.3, -0.25) is 9.59 Å². The van der Waals surface area contributed by atoms with E-state index in [1.54, 1.807) is 6.08 Å². The lowest BCUT2D eigenvalue weighted by Gasteiger charge is -2.20. The summed E-state index contributed by atoms with van der Waals surface area (Å²) < 4.78 is 5.50. The number of aliphatic hydroxyl groups excluding tert-OH is 2. The number of aliphatic hydroxyl groups is 2. The van der Waals surface area contributed by atoms with Crippen LogP contribution in [0.15, 0.2) is 24.3 Å². The van der Waals surface area contributed by atoms with Crippen molar-refractivity contribution in [2.24, 2.45) is 0 Å². The fraction of sp³-hybridized carbons (Fsp3) is 0.913. The van der Waals surface area contributed by atoms with Gasteiger partial charge in [-0.25, -0.2) is 0 Å². The van der Waals surface area contributed by atoms with Gasteiger partial charge in [0.1, 0.15) is 0 Å². The summed E-state index contributed by atoms with van der Waals surface area (Å²) in [7, 11) is 0. The van der Waals surface area contributed by atoms with Gasteiger partial charge in [0.2, 0.25) is 5.91 Å². The molecule has 75 heavy (non-hydrogen) atoms. The van der Waals surface area contributed by atoms with Gasteiger partial charge in [0.05, 0.1) is 25.4 Å². The predicted octanol–water partition coefficient (Wildman–Crippen LogP) is 21.8. The molecule has 0 radical (unpaired) electrons. The largest absolute Gasteiger partial charge is 0.466 e. The van der Waals surface area contributed by atoms with Gasteiger partial charge in [-0.2, -0.15) is 0 Å². The Balaban J connectivity index is 3.41. The average molecular weight is 1060 g/mol. The Hall–Kier alpha value is -1.66. The Morgan fingerprint density at radius 2 is 0.627 bits per heavy atom. The Labute approximate surface area is 469 Å². The minimum absolute atomic E-state index is 0.0162. The molecule has 1 amide bonds. The molecule has 0 saturated carbocycles. The van der Waals surface area contributed by atoms with E-state index in [-0.39, 0.29) is 18.5 Å². The molecule has 0 rings (SSSR count). The molecule has 0 aromatic carbocycles. The number of nitrogens with one attached hydrogen (secondary N) is 1. The van der Waals surface area contributed by atoms with E-state index in [1.807, 2.05) is 6.08 Å². The van der Waals surface area contributed by atoms with E-state index in [2.05, 4.69) is 31.3 Å². The molecule has 0 spiro atoms. The Morgan fingerprint density at radius 3 is 0.947 bits per heavy atom. The molecule has 2 unspecified atom stereocenters. The van der Waals surface area contributed by atoms with Crippen LogP contribution < -0.4 is 5.32 Å². The standard InChI is InChI=1S/C69H133NO5/c1-3-5-7-9-11-13-15-17-19-21-30-33-37-41-45-49-53-57-61-67(72)66(65-71)70-68(73)62-58-54-50-46-42-38-34-31-28-26-24-22-23-25-27-29-32-36-40-44-48-52-56-60-64-75-69(74)63-59-55-51-47-43-39-35-20-18-16-14-12-10-8-6-4-2/h24,26,57,61,66-67,71-72H,3-23,25,27-56,58-60,62-65H2,1-2H3,(H,70,73)/b26-24-,61-57+. The third-order valence-electron chi connectivity index (χ3n) is 16.0. The van der Waals surface area contributed by atoms with Crippen LogP contribution in [0.5, 0.6) is 0 Å². The Bertz CT molecular complexity index is 1170. The maximum atomic E-state index is 12.5. The second kappa shape index (κ2) is 64.9. The fourth-order valence-electron chi connectivity index (χ4n) is 10.7. The van der Waals surface area contributed by atoms with Crippen LogP contribution in [0.2, 0.25) is 0 Å². The third kappa shape index (κ3) is 61.4. The van der Waals surface area contributed by atoms with Crippen molar-refractivity contribution in [1.82, 2.24) is 5.32 Å². The number of amides is 1. The number of hydrogen-bond acceptors (Lipinski definition) is 5. The molecule has 0 aliphatic heterocycles. The molecule has 6 nitrogen and oxygen atoms in total. The Kier molecular flexibility index (Phi) is 63.4. The van der Waals surface area contributed by atoms with Crippen molar-refractivity contribution in [3.05, 3.63) is 24.3 Å². The quantitative estimate of drug-likeness (QED) is 0.0320. The first-order valence-electron chi connectivity index (χ1n) is 34.1. The monoisotopic (exact) mass is 1060 g/mol. The predicted molar refractivity (Wildman–Crippen MR) is 329 cm³/mol. The number of rotatable bonds is 64. The fourth-order valence-corrected chi connectivity index (χ4v) is 10.7. The van der Waals surface area contributed by atoms with Crippen LogP contribution in [0.3, 0.4) is 0 Å². The maximum Gasteiger partial charge on any atom is 0.305 e. The Morgan fingerprint density at radius 1 is 0.360 bits per heavy atom. The molecule has 0 aromatic rings. The topological polar surface area (TPSA) is 95.9 Å². The molecule has 444 valence electrons. The first-order valence-corrected chi connectivity index (χ1v) is 34.1. The van der Waals surface area contributed by atoms with Crippen molar-refractivity contribution in [3.63, 3.8) is 0 Å². The van der Waals surface area contributed by atoms with Crippen molar-refractivity contribution in [2.75, 3.05) is 13.2 Å². The van der Waals surface area contributed by atoms with Crippen molar-refractivity contribution in [1.29, 1.82) is 0 Å². The van der Waals surface area contributed by atoms with Crippen LogP contribution in [0.25, 0.3) is 0 Å². The summed E-state index contributed by atoms with van der Waals surface area (Å²) in [6.45, 7) is 4.94. The summed E-state index contributed by atoms with van der Waals surface area (Å²) in [5.74, 6) is -0.0532. The van der Waals surface area contributed by atoms with Crippen LogP contribution in [-0.2, 0) is 14.3 Å². The third-order valence-corrected chi connectivity index (χ3v) is 16.0. The van der Waals surface area contributed by atoms with E-state index in [1.165, 1.54) is 315 Å². The number of carbonyl (C=O) groups is 2. The molecule has 0 aliphatic carbocycles. The van der Waals surface area contributed by atoms with E-state index in [9.17, 15) is 19.8 Å². The minimum atomic E-state index is -0.847. The SMILES string of the molecule is CCCCCCCCCCCCCCCCCC/C=C/C(O)C(CO)NC(=O)CCCCCCCCCC/C=C\CCCCCCCCCCCCCCOC(=O)CCCCCCCCCCCCCCCCCC. The second-order valence-corrected chi connectivity index (χ2v) is 23.5. The van der Waals surface area contributed by atoms with Gasteiger partial charge in [0.15, 0.2) is 0 Å². The highest BCUT2D eigenvalue weighted by atomic mass is 16.5. The minimum Gasteiger partial charge on any atom is -0.466 e. The van der Waals surface area contributed by atoms with Gasteiger partial charge in [-0.15, -0.1) is 0 Å². The van der Waals surface area contributed by atoms with E-state index < -0.39 is 12.1 Å². The average Bonchev–Trinajstić information content (AvgIpc) is 3.41. The highest BCUT2D eigenvalue weighted by Gasteiger charge is 2.18. The number of unbranched alkanes of at least 4 members (excludes halogenated alkanes) is 51. The molecule has 0 aliphatic rings. The zero-order valence-corrected chi connectivity index (χ0v) is 50.8. The smallest absolute Gasteiger partial charge is 0.305 e. The first-order chi connectivity index (χ1) is 37.0. The van der Waals surface area contributed by atoms with Crippen LogP contribution in [0.4, 0.5) is 0 Å². The molecule has 6 heteroatoms. The van der Waals surface area contributed by atoms with Crippen LogP contribution >= 0.6 is 0 Å². The van der Waals surface area contributed by atoms with E-state index >= 15 is 0 Å². The van der Waals surface area contributed by atoms with Crippen LogP contribution in [0.1, 0.15) is 380 Å². The molecule has 3 N–H and O–H groups in total. The van der Waals surface area contributed by atoms with Crippen molar-refractivity contribution >= 4 is 11.9 Å². The number of esters is 1. The van der Waals surface area contributed by atoms with E-state index in [0.717, 1.165) is 38.5 Å². The summed E-state index contributed by atoms with van der Waals surface area (Å²) in [6.07, 6.45) is 81.0. The molecular weight excluding hydrogens is 923 g/mol. The molecule has 0 saturated heterocycles. The van der Waals surface area contributed by atoms with Crippen molar-refractivity contribution in [3.8, 4) is 0 Å². The molecule has 0 aromatic heterocycles. The van der Waals surface area contributed by atoms with E-state index in [4.69, 9.17) is 4.74 Å². The zero-order valence-electron chi connectivity index (χ0n) is 50.8. The highest BCUT2D eigenvalue weighted by Crippen LogP contribution is 2.18. The first kappa shape index (κ1) is 73.3. The maximum absolute atomic E-state index is 12.5. The van der Waals surface area contributed by atoms with Gasteiger partial charge >= 0.3 is 5.97 Å².